The summed E-state index contributed by atoms with van der Waals surface area (Å²) >= 11 is 0. The normalized spacial score (nSPS) is 13.9. The smallest absolute Gasteiger partial charge is 0.169 e. The van der Waals surface area contributed by atoms with Gasteiger partial charge in [0, 0.05) is 48.5 Å². The molecule has 148 valence electrons. The maximum absolute atomic E-state index is 2.27. The third-order valence-electron chi connectivity index (χ3n) is 5.90. The van der Waals surface area contributed by atoms with Crippen molar-refractivity contribution < 1.29 is 18.3 Å². The van der Waals surface area contributed by atoms with Crippen molar-refractivity contribution in [3.05, 3.63) is 98.1 Å². The Hall–Kier alpha value is -3.40. The number of nitrogens with zero attached hydrogens (tertiary/aromatic N) is 4. The third-order valence-corrected chi connectivity index (χ3v) is 5.90. The van der Waals surface area contributed by atoms with E-state index >= 15 is 0 Å². The van der Waals surface area contributed by atoms with Crippen molar-refractivity contribution in [1.82, 2.24) is 0 Å². The summed E-state index contributed by atoms with van der Waals surface area (Å²) in [5, 5.41) is 0. The fourth-order valence-corrected chi connectivity index (χ4v) is 4.07. The van der Waals surface area contributed by atoms with Crippen LogP contribution in [0.1, 0.15) is 12.8 Å². The number of aryl methyl sites for hydroxylation is 4. The van der Waals surface area contributed by atoms with Crippen LogP contribution in [0.4, 0.5) is 0 Å². The highest BCUT2D eigenvalue weighted by atomic mass is 15.0. The Kier molecular flexibility index (Phi) is 5.30. The van der Waals surface area contributed by atoms with Gasteiger partial charge in [-0.05, 0) is 22.3 Å². The van der Waals surface area contributed by atoms with Gasteiger partial charge in [0.1, 0.15) is 0 Å². The lowest BCUT2D eigenvalue weighted by molar-refractivity contribution is -0.727. The van der Waals surface area contributed by atoms with Gasteiger partial charge in [0.2, 0.25) is 0 Å². The van der Waals surface area contributed by atoms with Crippen molar-refractivity contribution in [1.29, 1.82) is 0 Å². The van der Waals surface area contributed by atoms with Crippen LogP contribution in [-0.2, 0) is 26.2 Å². The summed E-state index contributed by atoms with van der Waals surface area (Å²) in [4.78, 5) is 0. The van der Waals surface area contributed by atoms with Crippen molar-refractivity contribution in [3.63, 3.8) is 0 Å². The average Bonchev–Trinajstić information content (AvgIpc) is 2.81. The largest absolute Gasteiger partial charge is 0.205 e. The van der Waals surface area contributed by atoms with Crippen molar-refractivity contribution in [3.8, 4) is 22.3 Å². The Morgan fingerprint density at radius 3 is 0.733 bits per heavy atom. The molecule has 4 aromatic heterocycles. The lowest BCUT2D eigenvalue weighted by atomic mass is 10.1. The first-order valence-electron chi connectivity index (χ1n) is 10.8. The van der Waals surface area contributed by atoms with E-state index in [1.165, 1.54) is 22.3 Å². The number of pyridine rings is 4. The highest BCUT2D eigenvalue weighted by Gasteiger charge is 2.10. The van der Waals surface area contributed by atoms with Crippen LogP contribution in [0.15, 0.2) is 98.1 Å². The monoisotopic (exact) mass is 396 g/mol. The van der Waals surface area contributed by atoms with E-state index in [0.717, 1.165) is 39.0 Å². The predicted molar refractivity (Wildman–Crippen MR) is 114 cm³/mol. The van der Waals surface area contributed by atoms with E-state index in [1.807, 2.05) is 0 Å². The molecule has 0 amide bonds. The second-order valence-electron chi connectivity index (χ2n) is 8.01. The van der Waals surface area contributed by atoms with Crippen molar-refractivity contribution in [2.24, 2.45) is 0 Å². The first-order chi connectivity index (χ1) is 14.8. The molecule has 0 radical (unpaired) electrons. The van der Waals surface area contributed by atoms with Gasteiger partial charge >= 0.3 is 0 Å². The molecule has 0 N–H and O–H groups in total. The summed E-state index contributed by atoms with van der Waals surface area (Å²) in [6.07, 6.45) is 19.7. The van der Waals surface area contributed by atoms with Crippen molar-refractivity contribution >= 4 is 0 Å². The molecule has 4 heteroatoms. The number of rotatable bonds is 0. The average molecular weight is 397 g/mol. The van der Waals surface area contributed by atoms with Crippen LogP contribution in [0.3, 0.4) is 0 Å². The van der Waals surface area contributed by atoms with Crippen LogP contribution in [0, 0.1) is 0 Å². The number of hydrogen-bond donors (Lipinski definition) is 0. The van der Waals surface area contributed by atoms with E-state index in [-0.39, 0.29) is 0 Å². The first-order valence-corrected chi connectivity index (χ1v) is 10.8. The van der Waals surface area contributed by atoms with Gasteiger partial charge in [-0.2, -0.15) is 0 Å². The molecule has 10 aliphatic heterocycles. The maximum atomic E-state index is 2.27. The second-order valence-corrected chi connectivity index (χ2v) is 8.01. The van der Waals surface area contributed by atoms with Crippen LogP contribution in [0.5, 0.6) is 0 Å². The van der Waals surface area contributed by atoms with Crippen LogP contribution >= 0.6 is 0 Å². The molecule has 0 fully saturated rings. The zero-order chi connectivity index (χ0) is 20.2. The Bertz CT molecular complexity index is 916. The highest BCUT2D eigenvalue weighted by Crippen LogP contribution is 2.16. The van der Waals surface area contributed by atoms with Gasteiger partial charge in [0.05, 0.1) is 12.8 Å². The molecule has 0 saturated carbocycles. The van der Waals surface area contributed by atoms with Crippen LogP contribution in [0.2, 0.25) is 0 Å². The van der Waals surface area contributed by atoms with Gasteiger partial charge in [0.25, 0.3) is 0 Å². The molecular formula is C26H28N4+4. The molecule has 14 heterocycles. The minimum Gasteiger partial charge on any atom is -0.205 e. The van der Waals surface area contributed by atoms with Gasteiger partial charge < -0.3 is 0 Å². The fourth-order valence-electron chi connectivity index (χ4n) is 4.07. The summed E-state index contributed by atoms with van der Waals surface area (Å²) in [6.45, 7) is 4.07. The maximum Gasteiger partial charge on any atom is 0.169 e. The van der Waals surface area contributed by atoms with Gasteiger partial charge in [-0.1, -0.05) is 0 Å². The van der Waals surface area contributed by atoms with Crippen molar-refractivity contribution in [2.75, 3.05) is 0 Å². The number of aromatic nitrogens is 4. The Morgan fingerprint density at radius 1 is 0.333 bits per heavy atom. The highest BCUT2D eigenvalue weighted by molar-refractivity contribution is 5.61. The summed E-state index contributed by atoms with van der Waals surface area (Å²) in [6, 6.07) is 17.7. The minimum absolute atomic E-state index is 1.02. The van der Waals surface area contributed by atoms with E-state index in [1.54, 1.807) is 0 Å². The van der Waals surface area contributed by atoms with Crippen LogP contribution in [-0.4, -0.2) is 0 Å². The Balaban J connectivity index is 1.41. The molecule has 14 rings (SSSR count). The molecule has 8 bridgehead atoms. The van der Waals surface area contributed by atoms with Gasteiger partial charge in [-0.3, -0.25) is 0 Å². The molecule has 10 aliphatic rings. The van der Waals surface area contributed by atoms with Gasteiger partial charge in [-0.25, -0.2) is 18.3 Å². The van der Waals surface area contributed by atoms with Gasteiger partial charge in [0.15, 0.2) is 75.8 Å². The van der Waals surface area contributed by atoms with E-state index in [2.05, 4.69) is 116 Å². The summed E-state index contributed by atoms with van der Waals surface area (Å²) in [7, 11) is 0. The molecule has 4 nitrogen and oxygen atoms in total. The summed E-state index contributed by atoms with van der Waals surface area (Å²) < 4.78 is 9.08. The molecule has 4 aromatic rings. The third kappa shape index (κ3) is 4.28. The number of hydrogen-bond acceptors (Lipinski definition) is 0. The molecule has 0 aliphatic carbocycles. The fraction of sp³-hybridized carbons (Fsp3) is 0.231. The lowest BCUT2D eigenvalue weighted by Crippen LogP contribution is -2.38. The molecule has 0 unspecified atom stereocenters. The predicted octanol–water partition coefficient (Wildman–Crippen LogP) is 2.66. The minimum atomic E-state index is 1.02. The zero-order valence-corrected chi connectivity index (χ0v) is 17.3. The Morgan fingerprint density at radius 2 is 0.533 bits per heavy atom. The molecular weight excluding hydrogens is 368 g/mol. The molecule has 0 saturated heterocycles. The second kappa shape index (κ2) is 8.54. The molecule has 0 aromatic carbocycles. The quantitative estimate of drug-likeness (QED) is 0.406. The summed E-state index contributed by atoms with van der Waals surface area (Å²) in [5.74, 6) is 0. The topological polar surface area (TPSA) is 15.5 Å². The van der Waals surface area contributed by atoms with Crippen LogP contribution < -0.4 is 18.3 Å². The molecule has 30 heavy (non-hydrogen) atoms. The van der Waals surface area contributed by atoms with Gasteiger partial charge in [-0.15, -0.1) is 0 Å². The first kappa shape index (κ1) is 18.6. The SMILES string of the molecule is c1c[n+]2ccc1-c1cc[n+](cc1)CCC[n+]1ccc(cc1)-c1cc[n+](cc1)CCC2. The molecule has 0 atom stereocenters. The van der Waals surface area contributed by atoms with E-state index < -0.39 is 0 Å². The molecule has 0 spiro atoms. The van der Waals surface area contributed by atoms with Crippen LogP contribution in [0.25, 0.3) is 22.3 Å². The Labute approximate surface area is 178 Å². The van der Waals surface area contributed by atoms with E-state index in [4.69, 9.17) is 0 Å². The van der Waals surface area contributed by atoms with E-state index in [9.17, 15) is 0 Å². The standard InChI is InChI=1S/C26H28N4/c1-11-27-15-3-23(4-16-27)25-7-19-29(20-8-25)13-2-14-30-21-9-26(10-22-30)24-5-17-28(12-1)18-6-24/h3-10,15-22H,1-2,11-14H2/q+4. The van der Waals surface area contributed by atoms with Crippen molar-refractivity contribution in [2.45, 2.75) is 39.0 Å². The lowest BCUT2D eigenvalue weighted by Gasteiger charge is -2.03. The zero-order valence-electron chi connectivity index (χ0n) is 17.3. The van der Waals surface area contributed by atoms with E-state index in [0.29, 0.717) is 0 Å². The summed E-state index contributed by atoms with van der Waals surface area (Å²) in [5.41, 5.74) is 5.06.